The van der Waals surface area contributed by atoms with E-state index in [1.54, 1.807) is 0 Å². The number of benzene rings is 2. The lowest BCUT2D eigenvalue weighted by molar-refractivity contribution is 0.999. The van der Waals surface area contributed by atoms with Crippen LogP contribution in [0, 0.1) is 0 Å². The van der Waals surface area contributed by atoms with Crippen LogP contribution in [0.2, 0.25) is 0 Å². The fraction of sp³-hybridized carbons (Fsp3) is 0.250. The van der Waals surface area contributed by atoms with E-state index in [-0.39, 0.29) is 0 Å². The van der Waals surface area contributed by atoms with Gasteiger partial charge >= 0.3 is 0 Å². The van der Waals surface area contributed by atoms with Crippen molar-refractivity contribution in [2.75, 3.05) is 22.9 Å². The van der Waals surface area contributed by atoms with Gasteiger partial charge in [0.25, 0.3) is 0 Å². The van der Waals surface area contributed by atoms with Crippen LogP contribution in [0.1, 0.15) is 19.4 Å². The second kappa shape index (κ2) is 5.65. The van der Waals surface area contributed by atoms with Gasteiger partial charge in [-0.2, -0.15) is 0 Å². The lowest BCUT2D eigenvalue weighted by Gasteiger charge is -2.19. The zero-order valence-electron chi connectivity index (χ0n) is 11.6. The van der Waals surface area contributed by atoms with Gasteiger partial charge in [0.2, 0.25) is 0 Å². The highest BCUT2D eigenvalue weighted by molar-refractivity contribution is 5.72. The van der Waals surface area contributed by atoms with Crippen molar-refractivity contribution in [3.8, 4) is 0 Å². The molecule has 0 saturated heterocycles. The van der Waals surface area contributed by atoms with Gasteiger partial charge in [-0.25, -0.2) is 0 Å². The molecular formula is C16H21N3. The first kappa shape index (κ1) is 13.3. The number of anilines is 4. The summed E-state index contributed by atoms with van der Waals surface area (Å²) in [6, 6.07) is 14.1. The minimum absolute atomic E-state index is 0.797. The van der Waals surface area contributed by atoms with E-state index in [4.69, 9.17) is 11.5 Å². The van der Waals surface area contributed by atoms with Gasteiger partial charge in [-0.05, 0) is 54.4 Å². The largest absolute Gasteiger partial charge is 0.399 e. The molecule has 3 nitrogen and oxygen atoms in total. The Kier molecular flexibility index (Phi) is 3.95. The van der Waals surface area contributed by atoms with Gasteiger partial charge in [0.05, 0.1) is 0 Å². The Morgan fingerprint density at radius 1 is 0.895 bits per heavy atom. The van der Waals surface area contributed by atoms with E-state index in [0.717, 1.165) is 24.3 Å². The summed E-state index contributed by atoms with van der Waals surface area (Å²) in [5.41, 5.74) is 16.9. The number of nitrogens with two attached hydrogens (primary N) is 2. The van der Waals surface area contributed by atoms with Crippen LogP contribution in [0.3, 0.4) is 0 Å². The van der Waals surface area contributed by atoms with Crippen molar-refractivity contribution >= 4 is 22.7 Å². The van der Waals surface area contributed by atoms with Crippen LogP contribution in [0.4, 0.5) is 22.7 Å². The standard InChI is InChI=1S/C14H15N3.C2H6/c15-11-1-4-13(5-2-11)17-8-7-10-9-12(16)3-6-14(10)17;1-2/h1-6,9H,7-8,15-16H2;1-2H3. The van der Waals surface area contributed by atoms with Crippen LogP contribution in [-0.4, -0.2) is 6.54 Å². The van der Waals surface area contributed by atoms with Crippen molar-refractivity contribution in [3.63, 3.8) is 0 Å². The molecule has 0 radical (unpaired) electrons. The molecule has 0 atom stereocenters. The first-order valence-electron chi connectivity index (χ1n) is 6.75. The summed E-state index contributed by atoms with van der Waals surface area (Å²) in [5.74, 6) is 0. The molecule has 19 heavy (non-hydrogen) atoms. The van der Waals surface area contributed by atoms with Gasteiger partial charge in [-0.1, -0.05) is 13.8 Å². The van der Waals surface area contributed by atoms with E-state index < -0.39 is 0 Å². The van der Waals surface area contributed by atoms with Crippen molar-refractivity contribution < 1.29 is 0 Å². The second-order valence-corrected chi connectivity index (χ2v) is 4.38. The number of fused-ring (bicyclic) bond motifs is 1. The summed E-state index contributed by atoms with van der Waals surface area (Å²) in [4.78, 5) is 2.30. The molecule has 100 valence electrons. The third kappa shape index (κ3) is 2.65. The smallest absolute Gasteiger partial charge is 0.0445 e. The Hall–Kier alpha value is -2.16. The number of nitrogens with zero attached hydrogens (tertiary/aromatic N) is 1. The van der Waals surface area contributed by atoms with Crippen LogP contribution in [0.25, 0.3) is 0 Å². The van der Waals surface area contributed by atoms with Crippen molar-refractivity contribution in [2.24, 2.45) is 0 Å². The molecule has 0 aliphatic carbocycles. The minimum atomic E-state index is 0.797. The van der Waals surface area contributed by atoms with Gasteiger partial charge in [0.15, 0.2) is 0 Å². The third-order valence-electron chi connectivity index (χ3n) is 3.20. The topological polar surface area (TPSA) is 55.3 Å². The molecule has 0 unspecified atom stereocenters. The summed E-state index contributed by atoms with van der Waals surface area (Å²) in [7, 11) is 0. The molecule has 0 saturated carbocycles. The van der Waals surface area contributed by atoms with Crippen molar-refractivity contribution in [1.29, 1.82) is 0 Å². The number of hydrogen-bond donors (Lipinski definition) is 2. The third-order valence-corrected chi connectivity index (χ3v) is 3.20. The molecule has 1 aliphatic heterocycles. The van der Waals surface area contributed by atoms with Crippen LogP contribution in [0.15, 0.2) is 42.5 Å². The van der Waals surface area contributed by atoms with Crippen LogP contribution in [0.5, 0.6) is 0 Å². The molecule has 0 aromatic heterocycles. The van der Waals surface area contributed by atoms with E-state index in [9.17, 15) is 0 Å². The fourth-order valence-corrected chi connectivity index (χ4v) is 2.34. The maximum Gasteiger partial charge on any atom is 0.0445 e. The average molecular weight is 255 g/mol. The van der Waals surface area contributed by atoms with Gasteiger partial charge in [-0.15, -0.1) is 0 Å². The fourth-order valence-electron chi connectivity index (χ4n) is 2.34. The van der Waals surface area contributed by atoms with E-state index in [0.29, 0.717) is 0 Å². The SMILES string of the molecule is CC.Nc1ccc(N2CCc3cc(N)ccc32)cc1. The zero-order valence-corrected chi connectivity index (χ0v) is 11.6. The molecule has 2 aromatic carbocycles. The highest BCUT2D eigenvalue weighted by atomic mass is 15.2. The first-order valence-corrected chi connectivity index (χ1v) is 6.75. The highest BCUT2D eigenvalue weighted by Gasteiger charge is 2.20. The summed E-state index contributed by atoms with van der Waals surface area (Å²) in [5, 5.41) is 0. The highest BCUT2D eigenvalue weighted by Crippen LogP contribution is 2.35. The average Bonchev–Trinajstić information content (AvgIpc) is 2.85. The first-order chi connectivity index (χ1) is 9.24. The molecule has 1 aliphatic rings. The number of rotatable bonds is 1. The lowest BCUT2D eigenvalue weighted by atomic mass is 10.1. The predicted octanol–water partition coefficient (Wildman–Crippen LogP) is 3.57. The predicted molar refractivity (Wildman–Crippen MR) is 83.8 cm³/mol. The quantitative estimate of drug-likeness (QED) is 0.766. The monoisotopic (exact) mass is 255 g/mol. The normalized spacial score (nSPS) is 12.6. The molecular weight excluding hydrogens is 234 g/mol. The van der Waals surface area contributed by atoms with E-state index in [2.05, 4.69) is 29.2 Å². The summed E-state index contributed by atoms with van der Waals surface area (Å²) >= 11 is 0. The molecule has 2 aromatic rings. The Morgan fingerprint density at radius 3 is 2.21 bits per heavy atom. The Bertz CT molecular complexity index is 546. The molecule has 0 bridgehead atoms. The number of nitrogen functional groups attached to an aromatic ring is 2. The van der Waals surface area contributed by atoms with Gasteiger partial charge in [0, 0.05) is 29.3 Å². The molecule has 3 heteroatoms. The maximum absolute atomic E-state index is 5.80. The molecule has 1 heterocycles. The lowest BCUT2D eigenvalue weighted by Crippen LogP contribution is -2.12. The van der Waals surface area contributed by atoms with E-state index in [1.807, 2.05) is 32.0 Å². The summed E-state index contributed by atoms with van der Waals surface area (Å²) in [6.45, 7) is 5.00. The van der Waals surface area contributed by atoms with E-state index >= 15 is 0 Å². The van der Waals surface area contributed by atoms with E-state index in [1.165, 1.54) is 16.9 Å². The van der Waals surface area contributed by atoms with Crippen LogP contribution in [-0.2, 0) is 6.42 Å². The van der Waals surface area contributed by atoms with Crippen LogP contribution < -0.4 is 16.4 Å². The minimum Gasteiger partial charge on any atom is -0.399 e. The number of hydrogen-bond acceptors (Lipinski definition) is 3. The van der Waals surface area contributed by atoms with Gasteiger partial charge in [0.1, 0.15) is 0 Å². The Morgan fingerprint density at radius 2 is 1.53 bits per heavy atom. The van der Waals surface area contributed by atoms with Crippen molar-refractivity contribution in [3.05, 3.63) is 48.0 Å². The van der Waals surface area contributed by atoms with Crippen molar-refractivity contribution in [2.45, 2.75) is 20.3 Å². The van der Waals surface area contributed by atoms with Crippen LogP contribution >= 0.6 is 0 Å². The Balaban J connectivity index is 0.000000637. The van der Waals surface area contributed by atoms with Gasteiger partial charge in [-0.3, -0.25) is 0 Å². The molecule has 0 amide bonds. The maximum atomic E-state index is 5.80. The molecule has 3 rings (SSSR count). The molecule has 0 fully saturated rings. The molecule has 0 spiro atoms. The second-order valence-electron chi connectivity index (χ2n) is 4.38. The van der Waals surface area contributed by atoms with Crippen molar-refractivity contribution in [1.82, 2.24) is 0 Å². The Labute approximate surface area is 114 Å². The van der Waals surface area contributed by atoms with Gasteiger partial charge < -0.3 is 16.4 Å². The summed E-state index contributed by atoms with van der Waals surface area (Å²) in [6.07, 6.45) is 1.05. The summed E-state index contributed by atoms with van der Waals surface area (Å²) < 4.78 is 0. The molecule has 4 N–H and O–H groups in total. The zero-order chi connectivity index (χ0) is 13.8.